The second kappa shape index (κ2) is 9.78. The summed E-state index contributed by atoms with van der Waals surface area (Å²) in [7, 11) is -3.01. The van der Waals surface area contributed by atoms with Crippen LogP contribution in [-0.2, 0) is 9.84 Å². The van der Waals surface area contributed by atoms with E-state index >= 15 is 0 Å². The van der Waals surface area contributed by atoms with Gasteiger partial charge in [-0.25, -0.2) is 8.42 Å². The highest BCUT2D eigenvalue weighted by molar-refractivity contribution is 7.92. The van der Waals surface area contributed by atoms with Crippen molar-refractivity contribution in [2.45, 2.75) is 95.3 Å². The largest absolute Gasteiger partial charge is 0.327 e. The molecule has 1 fully saturated rings. The quantitative estimate of drug-likeness (QED) is 0.859. The first-order valence-corrected chi connectivity index (χ1v) is 10.3. The molecule has 0 saturated heterocycles. The highest BCUT2D eigenvalue weighted by Gasteiger charge is 2.30. The van der Waals surface area contributed by atoms with Gasteiger partial charge in [-0.05, 0) is 19.3 Å². The van der Waals surface area contributed by atoms with E-state index in [9.17, 15) is 8.42 Å². The van der Waals surface area contributed by atoms with E-state index in [1.807, 2.05) is 6.92 Å². The van der Waals surface area contributed by atoms with Crippen molar-refractivity contribution >= 4 is 9.84 Å². The molecule has 1 aliphatic rings. The molecule has 3 nitrogen and oxygen atoms in total. The van der Waals surface area contributed by atoms with Gasteiger partial charge in [-0.1, -0.05) is 64.7 Å². The third-order valence-electron chi connectivity index (χ3n) is 4.50. The third-order valence-corrected chi connectivity index (χ3v) is 6.86. The Hall–Kier alpha value is -0.0900. The maximum absolute atomic E-state index is 12.5. The maximum Gasteiger partial charge on any atom is 0.154 e. The molecule has 0 radical (unpaired) electrons. The SMILES string of the molecule is CCCCS(=O)(=O)C1CCCCCCCCCCC1N. The molecule has 1 rings (SSSR count). The molecule has 0 amide bonds. The summed E-state index contributed by atoms with van der Waals surface area (Å²) in [5.41, 5.74) is 6.24. The molecule has 0 aromatic carbocycles. The number of hydrogen-bond acceptors (Lipinski definition) is 3. The zero-order valence-corrected chi connectivity index (χ0v) is 14.0. The normalized spacial score (nSPS) is 27.5. The van der Waals surface area contributed by atoms with Gasteiger partial charge >= 0.3 is 0 Å². The summed E-state index contributed by atoms with van der Waals surface area (Å²) < 4.78 is 25.0. The molecule has 0 aromatic rings. The molecular weight excluding hydrogens is 270 g/mol. The molecule has 0 spiro atoms. The topological polar surface area (TPSA) is 60.2 Å². The smallest absolute Gasteiger partial charge is 0.154 e. The van der Waals surface area contributed by atoms with Gasteiger partial charge in [0, 0.05) is 6.04 Å². The lowest BCUT2D eigenvalue weighted by Crippen LogP contribution is -2.41. The highest BCUT2D eigenvalue weighted by atomic mass is 32.2. The van der Waals surface area contributed by atoms with Crippen LogP contribution in [0.25, 0.3) is 0 Å². The monoisotopic (exact) mass is 303 g/mol. The first-order chi connectivity index (χ1) is 9.58. The summed E-state index contributed by atoms with van der Waals surface area (Å²) >= 11 is 0. The van der Waals surface area contributed by atoms with Gasteiger partial charge in [0.05, 0.1) is 11.0 Å². The molecule has 0 aliphatic heterocycles. The Morgan fingerprint density at radius 2 is 1.40 bits per heavy atom. The van der Waals surface area contributed by atoms with E-state index in [-0.39, 0.29) is 11.3 Å². The summed E-state index contributed by atoms with van der Waals surface area (Å²) in [5.74, 6) is 0.321. The van der Waals surface area contributed by atoms with Crippen LogP contribution in [0.4, 0.5) is 0 Å². The van der Waals surface area contributed by atoms with Crippen LogP contribution in [0.3, 0.4) is 0 Å². The summed E-state index contributed by atoms with van der Waals surface area (Å²) in [6.07, 6.45) is 13.0. The third kappa shape index (κ3) is 6.57. The van der Waals surface area contributed by atoms with E-state index in [4.69, 9.17) is 5.73 Å². The Bertz CT molecular complexity index is 340. The summed E-state index contributed by atoms with van der Waals surface area (Å²) in [6.45, 7) is 2.04. The lowest BCUT2D eigenvalue weighted by molar-refractivity contribution is 0.455. The molecule has 2 atom stereocenters. The fraction of sp³-hybridized carbons (Fsp3) is 1.00. The lowest BCUT2D eigenvalue weighted by Gasteiger charge is -2.24. The number of hydrogen-bond donors (Lipinski definition) is 1. The van der Waals surface area contributed by atoms with Gasteiger partial charge in [0.2, 0.25) is 0 Å². The molecule has 2 unspecified atom stereocenters. The molecule has 1 saturated carbocycles. The average molecular weight is 304 g/mol. The number of nitrogens with two attached hydrogens (primary N) is 1. The Labute approximate surface area is 125 Å². The lowest BCUT2D eigenvalue weighted by atomic mass is 9.98. The number of rotatable bonds is 4. The number of unbranched alkanes of at least 4 members (excludes halogenated alkanes) is 1. The molecule has 0 heterocycles. The predicted molar refractivity (Wildman–Crippen MR) is 86.6 cm³/mol. The predicted octanol–water partition coefficient (Wildman–Crippen LogP) is 3.81. The Morgan fingerprint density at radius 1 is 0.900 bits per heavy atom. The van der Waals surface area contributed by atoms with Crippen molar-refractivity contribution in [2.75, 3.05) is 5.75 Å². The van der Waals surface area contributed by atoms with Crippen molar-refractivity contribution in [2.24, 2.45) is 5.73 Å². The summed E-state index contributed by atoms with van der Waals surface area (Å²) in [6, 6.07) is -0.156. The Morgan fingerprint density at radius 3 is 1.95 bits per heavy atom. The minimum absolute atomic E-state index is 0.156. The second-order valence-corrected chi connectivity index (χ2v) is 8.67. The standard InChI is InChI=1S/C16H33NO2S/c1-2-3-14-20(18,19)16-13-11-9-7-5-4-6-8-10-12-15(16)17/h15-16H,2-14,17H2,1H3. The average Bonchev–Trinajstić information content (AvgIpc) is 2.40. The Balaban J connectivity index is 2.65. The van der Waals surface area contributed by atoms with Gasteiger partial charge < -0.3 is 5.73 Å². The molecule has 0 bridgehead atoms. The van der Waals surface area contributed by atoms with E-state index < -0.39 is 9.84 Å². The molecular formula is C16H33NO2S. The van der Waals surface area contributed by atoms with Gasteiger partial charge in [0.25, 0.3) is 0 Å². The minimum atomic E-state index is -3.01. The first-order valence-electron chi connectivity index (χ1n) is 8.55. The molecule has 2 N–H and O–H groups in total. The summed E-state index contributed by atoms with van der Waals surface area (Å²) in [4.78, 5) is 0. The van der Waals surface area contributed by atoms with Crippen molar-refractivity contribution in [1.82, 2.24) is 0 Å². The van der Waals surface area contributed by atoms with Crippen LogP contribution in [-0.4, -0.2) is 25.5 Å². The fourth-order valence-electron chi connectivity index (χ4n) is 3.13. The zero-order valence-electron chi connectivity index (χ0n) is 13.1. The van der Waals surface area contributed by atoms with E-state index in [0.29, 0.717) is 5.75 Å². The molecule has 20 heavy (non-hydrogen) atoms. The summed E-state index contributed by atoms with van der Waals surface area (Å²) in [5, 5.41) is -0.298. The van der Waals surface area contributed by atoms with E-state index in [1.54, 1.807) is 0 Å². The van der Waals surface area contributed by atoms with Crippen molar-refractivity contribution < 1.29 is 8.42 Å². The number of sulfone groups is 1. The van der Waals surface area contributed by atoms with Crippen LogP contribution in [0.2, 0.25) is 0 Å². The van der Waals surface area contributed by atoms with Crippen LogP contribution in [0, 0.1) is 0 Å². The Kier molecular flexibility index (Phi) is 8.78. The van der Waals surface area contributed by atoms with Crippen molar-refractivity contribution in [3.05, 3.63) is 0 Å². The second-order valence-electron chi connectivity index (χ2n) is 6.33. The van der Waals surface area contributed by atoms with Crippen molar-refractivity contribution in [1.29, 1.82) is 0 Å². The molecule has 4 heteroatoms. The van der Waals surface area contributed by atoms with E-state index in [1.165, 1.54) is 32.1 Å². The van der Waals surface area contributed by atoms with Gasteiger partial charge in [-0.3, -0.25) is 0 Å². The van der Waals surface area contributed by atoms with E-state index in [2.05, 4.69) is 0 Å². The van der Waals surface area contributed by atoms with Gasteiger partial charge in [0.1, 0.15) is 0 Å². The van der Waals surface area contributed by atoms with Crippen molar-refractivity contribution in [3.63, 3.8) is 0 Å². The fourth-order valence-corrected chi connectivity index (χ4v) is 5.32. The molecule has 120 valence electrons. The zero-order chi connectivity index (χ0) is 14.8. The van der Waals surface area contributed by atoms with Crippen LogP contribution in [0.5, 0.6) is 0 Å². The van der Waals surface area contributed by atoms with Gasteiger partial charge in [0.15, 0.2) is 9.84 Å². The first kappa shape index (κ1) is 18.0. The van der Waals surface area contributed by atoms with Crippen LogP contribution in [0.15, 0.2) is 0 Å². The minimum Gasteiger partial charge on any atom is -0.327 e. The molecule has 0 aromatic heterocycles. The van der Waals surface area contributed by atoms with Crippen LogP contribution in [0.1, 0.15) is 84.0 Å². The van der Waals surface area contributed by atoms with Crippen LogP contribution >= 0.6 is 0 Å². The highest BCUT2D eigenvalue weighted by Crippen LogP contribution is 2.22. The molecule has 1 aliphatic carbocycles. The van der Waals surface area contributed by atoms with Gasteiger partial charge in [-0.15, -0.1) is 0 Å². The van der Waals surface area contributed by atoms with Crippen molar-refractivity contribution in [3.8, 4) is 0 Å². The van der Waals surface area contributed by atoms with Gasteiger partial charge in [-0.2, -0.15) is 0 Å². The van der Waals surface area contributed by atoms with E-state index in [0.717, 1.165) is 44.9 Å². The maximum atomic E-state index is 12.5. The van der Waals surface area contributed by atoms with Crippen LogP contribution < -0.4 is 5.73 Å².